The van der Waals surface area contributed by atoms with Crippen molar-refractivity contribution in [3.05, 3.63) is 72.1 Å². The van der Waals surface area contributed by atoms with Gasteiger partial charge in [-0.25, -0.2) is 4.39 Å². The third-order valence-corrected chi connectivity index (χ3v) is 3.46. The molecule has 0 spiro atoms. The molecule has 0 fully saturated rings. The second-order valence-corrected chi connectivity index (χ2v) is 4.84. The molecule has 3 rings (SSSR count). The van der Waals surface area contributed by atoms with Crippen LogP contribution in [0.1, 0.15) is 24.2 Å². The molecule has 1 unspecified atom stereocenters. The van der Waals surface area contributed by atoms with Crippen molar-refractivity contribution >= 4 is 10.8 Å². The number of halogens is 1. The van der Waals surface area contributed by atoms with Crippen LogP contribution in [0.5, 0.6) is 0 Å². The van der Waals surface area contributed by atoms with Gasteiger partial charge >= 0.3 is 0 Å². The van der Waals surface area contributed by atoms with E-state index in [9.17, 15) is 4.39 Å². The van der Waals surface area contributed by atoms with Gasteiger partial charge in [-0.3, -0.25) is 9.97 Å². The molecule has 3 aromatic rings. The van der Waals surface area contributed by atoms with Gasteiger partial charge in [0.25, 0.3) is 0 Å². The van der Waals surface area contributed by atoms with Gasteiger partial charge in [-0.1, -0.05) is 31.2 Å². The zero-order valence-corrected chi connectivity index (χ0v) is 11.8. The van der Waals surface area contributed by atoms with Crippen LogP contribution < -0.4 is 5.32 Å². The SMILES string of the molecule is CCNC(c1ccc(F)cn1)c1cncc2ccccc12. The van der Waals surface area contributed by atoms with E-state index in [1.807, 2.05) is 37.5 Å². The lowest BCUT2D eigenvalue weighted by molar-refractivity contribution is 0.595. The molecule has 1 atom stereocenters. The van der Waals surface area contributed by atoms with Crippen molar-refractivity contribution in [2.45, 2.75) is 13.0 Å². The van der Waals surface area contributed by atoms with E-state index >= 15 is 0 Å². The Morgan fingerprint density at radius 1 is 1.10 bits per heavy atom. The van der Waals surface area contributed by atoms with Gasteiger partial charge in [-0.2, -0.15) is 0 Å². The zero-order chi connectivity index (χ0) is 14.7. The van der Waals surface area contributed by atoms with Crippen molar-refractivity contribution in [3.63, 3.8) is 0 Å². The predicted octanol–water partition coefficient (Wildman–Crippen LogP) is 3.47. The van der Waals surface area contributed by atoms with Crippen LogP contribution in [0.15, 0.2) is 55.0 Å². The highest BCUT2D eigenvalue weighted by molar-refractivity contribution is 5.85. The highest BCUT2D eigenvalue weighted by Crippen LogP contribution is 2.27. The summed E-state index contributed by atoms with van der Waals surface area (Å²) in [5.74, 6) is -0.329. The smallest absolute Gasteiger partial charge is 0.141 e. The number of hydrogen-bond acceptors (Lipinski definition) is 3. The molecule has 0 aliphatic carbocycles. The minimum absolute atomic E-state index is 0.103. The summed E-state index contributed by atoms with van der Waals surface area (Å²) in [4.78, 5) is 8.53. The number of hydrogen-bond donors (Lipinski definition) is 1. The lowest BCUT2D eigenvalue weighted by Crippen LogP contribution is -2.23. The number of nitrogens with one attached hydrogen (secondary N) is 1. The normalized spacial score (nSPS) is 12.5. The van der Waals surface area contributed by atoms with Gasteiger partial charge in [0.2, 0.25) is 0 Å². The first-order valence-electron chi connectivity index (χ1n) is 6.97. The minimum Gasteiger partial charge on any atom is -0.305 e. The average molecular weight is 281 g/mol. The Hall–Kier alpha value is -2.33. The molecule has 0 bridgehead atoms. The summed E-state index contributed by atoms with van der Waals surface area (Å²) in [5, 5.41) is 5.61. The van der Waals surface area contributed by atoms with Gasteiger partial charge in [0.15, 0.2) is 0 Å². The number of benzene rings is 1. The van der Waals surface area contributed by atoms with Gasteiger partial charge < -0.3 is 5.32 Å². The van der Waals surface area contributed by atoms with Crippen molar-refractivity contribution < 1.29 is 4.39 Å². The average Bonchev–Trinajstić information content (AvgIpc) is 2.53. The van der Waals surface area contributed by atoms with Crippen LogP contribution in [0, 0.1) is 5.82 Å². The topological polar surface area (TPSA) is 37.8 Å². The molecule has 2 aromatic heterocycles. The molecule has 0 radical (unpaired) electrons. The number of pyridine rings is 2. The van der Waals surface area contributed by atoms with E-state index in [-0.39, 0.29) is 11.9 Å². The molecule has 1 N–H and O–H groups in total. The fraction of sp³-hybridized carbons (Fsp3) is 0.176. The fourth-order valence-corrected chi connectivity index (χ4v) is 2.51. The maximum absolute atomic E-state index is 13.1. The number of fused-ring (bicyclic) bond motifs is 1. The summed E-state index contributed by atoms with van der Waals surface area (Å²) in [7, 11) is 0. The van der Waals surface area contributed by atoms with Crippen LogP contribution in [0.2, 0.25) is 0 Å². The minimum atomic E-state index is -0.329. The second kappa shape index (κ2) is 5.97. The van der Waals surface area contributed by atoms with Crippen molar-refractivity contribution in [1.82, 2.24) is 15.3 Å². The van der Waals surface area contributed by atoms with E-state index < -0.39 is 0 Å². The van der Waals surface area contributed by atoms with Crippen LogP contribution in [0.25, 0.3) is 10.8 Å². The standard InChI is InChI=1S/C17H16FN3/c1-2-20-17(16-8-7-13(18)10-21-16)15-11-19-9-12-5-3-4-6-14(12)15/h3-11,17,20H,2H2,1H3. The van der Waals surface area contributed by atoms with Crippen molar-refractivity contribution in [1.29, 1.82) is 0 Å². The van der Waals surface area contributed by atoms with Gasteiger partial charge in [-0.05, 0) is 24.1 Å². The Kier molecular flexibility index (Phi) is 3.88. The molecule has 0 aliphatic rings. The molecule has 0 saturated heterocycles. The lowest BCUT2D eigenvalue weighted by atomic mass is 9.99. The largest absolute Gasteiger partial charge is 0.305 e. The molecular formula is C17H16FN3. The molecular weight excluding hydrogens is 265 g/mol. The monoisotopic (exact) mass is 281 g/mol. The molecule has 2 heterocycles. The van der Waals surface area contributed by atoms with Gasteiger partial charge in [-0.15, -0.1) is 0 Å². The van der Waals surface area contributed by atoms with Crippen molar-refractivity contribution in [2.75, 3.05) is 6.54 Å². The first-order valence-corrected chi connectivity index (χ1v) is 6.97. The van der Waals surface area contributed by atoms with E-state index in [4.69, 9.17) is 0 Å². The zero-order valence-electron chi connectivity index (χ0n) is 11.8. The van der Waals surface area contributed by atoms with E-state index in [1.54, 1.807) is 6.07 Å². The van der Waals surface area contributed by atoms with E-state index in [0.29, 0.717) is 0 Å². The summed E-state index contributed by atoms with van der Waals surface area (Å²) in [5.41, 5.74) is 1.84. The third-order valence-electron chi connectivity index (χ3n) is 3.46. The highest BCUT2D eigenvalue weighted by Gasteiger charge is 2.17. The van der Waals surface area contributed by atoms with Gasteiger partial charge in [0.05, 0.1) is 17.9 Å². The Bertz CT molecular complexity index is 735. The second-order valence-electron chi connectivity index (χ2n) is 4.84. The van der Waals surface area contributed by atoms with Crippen LogP contribution >= 0.6 is 0 Å². The number of rotatable bonds is 4. The maximum Gasteiger partial charge on any atom is 0.141 e. The Morgan fingerprint density at radius 3 is 2.71 bits per heavy atom. The predicted molar refractivity (Wildman–Crippen MR) is 81.5 cm³/mol. The van der Waals surface area contributed by atoms with Crippen molar-refractivity contribution in [2.24, 2.45) is 0 Å². The summed E-state index contributed by atoms with van der Waals surface area (Å²) in [6.45, 7) is 2.82. The lowest BCUT2D eigenvalue weighted by Gasteiger charge is -2.19. The van der Waals surface area contributed by atoms with E-state index in [1.165, 1.54) is 12.3 Å². The molecule has 1 aromatic carbocycles. The number of aromatic nitrogens is 2. The quantitative estimate of drug-likeness (QED) is 0.795. The van der Waals surface area contributed by atoms with Crippen LogP contribution in [-0.4, -0.2) is 16.5 Å². The first-order chi connectivity index (χ1) is 10.3. The highest BCUT2D eigenvalue weighted by atomic mass is 19.1. The van der Waals surface area contributed by atoms with E-state index in [0.717, 1.165) is 28.6 Å². The van der Waals surface area contributed by atoms with Gasteiger partial charge in [0.1, 0.15) is 5.82 Å². The number of nitrogens with zero attached hydrogens (tertiary/aromatic N) is 2. The molecule has 4 heteroatoms. The Labute approximate surface area is 122 Å². The summed E-state index contributed by atoms with van der Waals surface area (Å²) >= 11 is 0. The van der Waals surface area contributed by atoms with Gasteiger partial charge in [0, 0.05) is 23.3 Å². The molecule has 3 nitrogen and oxygen atoms in total. The third kappa shape index (κ3) is 2.76. The van der Waals surface area contributed by atoms with Crippen LogP contribution in [0.4, 0.5) is 4.39 Å². The molecule has 106 valence electrons. The van der Waals surface area contributed by atoms with Crippen LogP contribution in [0.3, 0.4) is 0 Å². The molecule has 0 amide bonds. The summed E-state index contributed by atoms with van der Waals surface area (Å²) < 4.78 is 13.1. The molecule has 0 aliphatic heterocycles. The summed E-state index contributed by atoms with van der Waals surface area (Å²) in [6, 6.07) is 11.1. The van der Waals surface area contributed by atoms with Crippen LogP contribution in [-0.2, 0) is 0 Å². The summed E-state index contributed by atoms with van der Waals surface area (Å²) in [6.07, 6.45) is 4.94. The van der Waals surface area contributed by atoms with Crippen molar-refractivity contribution in [3.8, 4) is 0 Å². The Balaban J connectivity index is 2.13. The maximum atomic E-state index is 13.1. The Morgan fingerprint density at radius 2 is 1.95 bits per heavy atom. The molecule has 0 saturated carbocycles. The molecule has 21 heavy (non-hydrogen) atoms. The fourth-order valence-electron chi connectivity index (χ4n) is 2.51. The first kappa shape index (κ1) is 13.6. The van der Waals surface area contributed by atoms with E-state index in [2.05, 4.69) is 21.4 Å².